The predicted octanol–water partition coefficient (Wildman–Crippen LogP) is 1.14. The van der Waals surface area contributed by atoms with Gasteiger partial charge in [0.2, 0.25) is 0 Å². The Morgan fingerprint density at radius 1 is 1.37 bits per heavy atom. The van der Waals surface area contributed by atoms with Crippen molar-refractivity contribution in [2.75, 3.05) is 37.8 Å². The van der Waals surface area contributed by atoms with Gasteiger partial charge in [0.25, 0.3) is 5.91 Å². The van der Waals surface area contributed by atoms with Gasteiger partial charge in [0.15, 0.2) is 0 Å². The van der Waals surface area contributed by atoms with Crippen LogP contribution in [0.4, 0.5) is 11.4 Å². The van der Waals surface area contributed by atoms with Gasteiger partial charge in [-0.2, -0.15) is 0 Å². The molecule has 0 saturated carbocycles. The Morgan fingerprint density at radius 3 is 2.47 bits per heavy atom. The van der Waals surface area contributed by atoms with Crippen LogP contribution < -0.4 is 16.4 Å². The number of nitrogen functional groups attached to an aromatic ring is 1. The van der Waals surface area contributed by atoms with Gasteiger partial charge in [-0.25, -0.2) is 0 Å². The first-order chi connectivity index (χ1) is 8.88. The Bertz CT molecular complexity index is 445. The molecular formula is C14H24N4O. The van der Waals surface area contributed by atoms with E-state index in [1.165, 1.54) is 0 Å². The summed E-state index contributed by atoms with van der Waals surface area (Å²) in [5.41, 5.74) is 13.3. The highest BCUT2D eigenvalue weighted by molar-refractivity contribution is 6.01. The Kier molecular flexibility index (Phi) is 5.18. The van der Waals surface area contributed by atoms with Gasteiger partial charge in [-0.3, -0.25) is 4.79 Å². The number of hydrogen-bond donors (Lipinski definition) is 2. The molecule has 1 aromatic carbocycles. The number of carbonyl (C=O) groups excluding carboxylic acids is 1. The Morgan fingerprint density at radius 2 is 2.00 bits per heavy atom. The molecular weight excluding hydrogens is 240 g/mol. The molecule has 1 rings (SSSR count). The summed E-state index contributed by atoms with van der Waals surface area (Å²) in [5, 5.41) is 0. The number of anilines is 2. The van der Waals surface area contributed by atoms with E-state index in [2.05, 4.69) is 16.7 Å². The third kappa shape index (κ3) is 3.61. The molecule has 1 atom stereocenters. The number of likely N-dealkylation sites (N-methyl/N-ethyl adjacent to an activating group) is 2. The normalized spacial score (nSPS) is 12.5. The third-order valence-electron chi connectivity index (χ3n) is 3.12. The number of nitrogens with zero attached hydrogens (tertiary/aromatic N) is 2. The second-order valence-corrected chi connectivity index (χ2v) is 5.00. The van der Waals surface area contributed by atoms with Gasteiger partial charge >= 0.3 is 0 Å². The highest BCUT2D eigenvalue weighted by Gasteiger charge is 2.21. The lowest BCUT2D eigenvalue weighted by Gasteiger charge is -2.34. The van der Waals surface area contributed by atoms with Crippen molar-refractivity contribution in [3.63, 3.8) is 0 Å². The minimum Gasteiger partial charge on any atom is -0.397 e. The molecule has 0 bridgehead atoms. The Balaban J connectivity index is 3.20. The highest BCUT2D eigenvalue weighted by Crippen LogP contribution is 2.29. The van der Waals surface area contributed by atoms with Crippen LogP contribution in [0, 0.1) is 0 Å². The summed E-state index contributed by atoms with van der Waals surface area (Å²) >= 11 is 0. The molecule has 0 saturated heterocycles. The monoisotopic (exact) mass is 264 g/mol. The average Bonchev–Trinajstić information content (AvgIpc) is 2.30. The zero-order chi connectivity index (χ0) is 14.6. The lowest BCUT2D eigenvalue weighted by molar-refractivity contribution is 0.100. The second-order valence-electron chi connectivity index (χ2n) is 5.00. The largest absolute Gasteiger partial charge is 0.397 e. The summed E-state index contributed by atoms with van der Waals surface area (Å²) in [7, 11) is 4.04. The second kappa shape index (κ2) is 6.43. The molecule has 0 heterocycles. The summed E-state index contributed by atoms with van der Waals surface area (Å²) in [6.45, 7) is 5.80. The molecule has 1 amide bonds. The van der Waals surface area contributed by atoms with Gasteiger partial charge in [0.1, 0.15) is 0 Å². The van der Waals surface area contributed by atoms with E-state index < -0.39 is 5.91 Å². The molecule has 5 heteroatoms. The molecule has 0 spiro atoms. The van der Waals surface area contributed by atoms with Crippen molar-refractivity contribution in [3.8, 4) is 0 Å². The molecule has 0 aliphatic heterocycles. The molecule has 0 fully saturated rings. The van der Waals surface area contributed by atoms with Crippen molar-refractivity contribution in [2.45, 2.75) is 19.9 Å². The smallest absolute Gasteiger partial charge is 0.250 e. The number of para-hydroxylation sites is 1. The minimum absolute atomic E-state index is 0.239. The van der Waals surface area contributed by atoms with Crippen LogP contribution in [0.2, 0.25) is 0 Å². The fraction of sp³-hybridized carbons (Fsp3) is 0.500. The van der Waals surface area contributed by atoms with Gasteiger partial charge in [-0.15, -0.1) is 0 Å². The van der Waals surface area contributed by atoms with Crippen LogP contribution in [-0.2, 0) is 0 Å². The summed E-state index contributed by atoms with van der Waals surface area (Å²) in [4.78, 5) is 15.8. The standard InChI is InChI=1S/C14H24N4O/c1-5-18(10(2)9-17(3)4)13-11(14(16)19)7-6-8-12(13)15/h6-8,10H,5,9,15H2,1-4H3,(H2,16,19). The quantitative estimate of drug-likeness (QED) is 0.756. The summed E-state index contributed by atoms with van der Waals surface area (Å²) in [5.74, 6) is -0.446. The van der Waals surface area contributed by atoms with Crippen LogP contribution in [0.1, 0.15) is 24.2 Å². The van der Waals surface area contributed by atoms with Gasteiger partial charge in [-0.1, -0.05) is 6.07 Å². The number of hydrogen-bond acceptors (Lipinski definition) is 4. The van der Waals surface area contributed by atoms with Crippen LogP contribution in [0.15, 0.2) is 18.2 Å². The molecule has 0 aliphatic rings. The van der Waals surface area contributed by atoms with E-state index in [1.807, 2.05) is 21.0 Å². The molecule has 5 nitrogen and oxygen atoms in total. The van der Waals surface area contributed by atoms with Gasteiger partial charge < -0.3 is 21.3 Å². The van der Waals surface area contributed by atoms with E-state index in [4.69, 9.17) is 11.5 Å². The van der Waals surface area contributed by atoms with Crippen LogP contribution in [0.3, 0.4) is 0 Å². The molecule has 19 heavy (non-hydrogen) atoms. The fourth-order valence-corrected chi connectivity index (χ4v) is 2.40. The zero-order valence-electron chi connectivity index (χ0n) is 12.2. The number of nitrogens with two attached hydrogens (primary N) is 2. The number of rotatable bonds is 6. The van der Waals surface area contributed by atoms with Crippen LogP contribution in [0.25, 0.3) is 0 Å². The molecule has 0 aliphatic carbocycles. The van der Waals surface area contributed by atoms with Crippen molar-refractivity contribution in [1.82, 2.24) is 4.90 Å². The van der Waals surface area contributed by atoms with Gasteiger partial charge in [-0.05, 0) is 40.1 Å². The van der Waals surface area contributed by atoms with Crippen molar-refractivity contribution < 1.29 is 4.79 Å². The molecule has 1 aromatic rings. The van der Waals surface area contributed by atoms with Gasteiger partial charge in [0, 0.05) is 19.1 Å². The maximum atomic E-state index is 11.6. The molecule has 0 radical (unpaired) electrons. The SMILES string of the molecule is CCN(c1c(N)cccc1C(N)=O)C(C)CN(C)C. The Labute approximate surface area is 115 Å². The number of carbonyl (C=O) groups is 1. The first-order valence-corrected chi connectivity index (χ1v) is 6.48. The first-order valence-electron chi connectivity index (χ1n) is 6.48. The van der Waals surface area contributed by atoms with Crippen molar-refractivity contribution >= 4 is 17.3 Å². The summed E-state index contributed by atoms with van der Waals surface area (Å²) in [6.07, 6.45) is 0. The van der Waals surface area contributed by atoms with Crippen LogP contribution in [0.5, 0.6) is 0 Å². The number of primary amides is 1. The third-order valence-corrected chi connectivity index (χ3v) is 3.12. The fourth-order valence-electron chi connectivity index (χ4n) is 2.40. The molecule has 1 unspecified atom stereocenters. The van der Waals surface area contributed by atoms with E-state index in [1.54, 1.807) is 18.2 Å². The maximum absolute atomic E-state index is 11.6. The lowest BCUT2D eigenvalue weighted by atomic mass is 10.1. The van der Waals surface area contributed by atoms with Crippen molar-refractivity contribution in [1.29, 1.82) is 0 Å². The maximum Gasteiger partial charge on any atom is 0.250 e. The van der Waals surface area contributed by atoms with E-state index in [-0.39, 0.29) is 6.04 Å². The van der Waals surface area contributed by atoms with Gasteiger partial charge in [0.05, 0.1) is 16.9 Å². The van der Waals surface area contributed by atoms with Crippen molar-refractivity contribution in [2.24, 2.45) is 5.73 Å². The topological polar surface area (TPSA) is 75.6 Å². The van der Waals surface area contributed by atoms with E-state index in [0.717, 1.165) is 18.8 Å². The zero-order valence-corrected chi connectivity index (χ0v) is 12.2. The van der Waals surface area contributed by atoms with Crippen LogP contribution >= 0.6 is 0 Å². The van der Waals surface area contributed by atoms with Crippen molar-refractivity contribution in [3.05, 3.63) is 23.8 Å². The Hall–Kier alpha value is -1.75. The molecule has 0 aromatic heterocycles. The summed E-state index contributed by atoms with van der Waals surface area (Å²) < 4.78 is 0. The molecule has 106 valence electrons. The van der Waals surface area contributed by atoms with E-state index >= 15 is 0 Å². The average molecular weight is 264 g/mol. The van der Waals surface area contributed by atoms with E-state index in [9.17, 15) is 4.79 Å². The van der Waals surface area contributed by atoms with E-state index in [0.29, 0.717) is 11.3 Å². The molecule has 4 N–H and O–H groups in total. The number of benzene rings is 1. The lowest BCUT2D eigenvalue weighted by Crippen LogP contribution is -2.41. The summed E-state index contributed by atoms with van der Waals surface area (Å²) in [6, 6.07) is 5.51. The highest BCUT2D eigenvalue weighted by atomic mass is 16.1. The number of amides is 1. The first kappa shape index (κ1) is 15.3. The minimum atomic E-state index is -0.446. The van der Waals surface area contributed by atoms with Crippen LogP contribution in [-0.4, -0.2) is 44.0 Å². The predicted molar refractivity (Wildman–Crippen MR) is 80.4 cm³/mol.